The number of nitrogens with zero attached hydrogens (tertiary/aromatic N) is 1. The molecule has 114 valence electrons. The van der Waals surface area contributed by atoms with Crippen LogP contribution in [0.25, 0.3) is 11.1 Å². The minimum Gasteiger partial charge on any atom is -0.321 e. The van der Waals surface area contributed by atoms with Crippen LogP contribution in [0.2, 0.25) is 5.02 Å². The van der Waals surface area contributed by atoms with Crippen molar-refractivity contribution in [2.75, 3.05) is 5.32 Å². The van der Waals surface area contributed by atoms with Gasteiger partial charge in [-0.15, -0.1) is 0 Å². The number of amides is 1. The van der Waals surface area contributed by atoms with E-state index in [1.54, 1.807) is 24.5 Å². The number of carbonyl (C=O) groups is 1. The standard InChI is InChI=1S/C19H15ClN2O/c1-13-2-7-18(22-19(23)15-8-10-21-11-9-15)17(12-13)14-3-5-16(20)6-4-14/h2-12H,1H3,(H,22,23). The highest BCUT2D eigenvalue weighted by molar-refractivity contribution is 6.30. The van der Waals surface area contributed by atoms with Crippen LogP contribution in [0.3, 0.4) is 0 Å². The van der Waals surface area contributed by atoms with Gasteiger partial charge in [-0.05, 0) is 48.9 Å². The van der Waals surface area contributed by atoms with Crippen LogP contribution in [-0.4, -0.2) is 10.9 Å². The molecule has 0 bridgehead atoms. The lowest BCUT2D eigenvalue weighted by molar-refractivity contribution is 0.102. The summed E-state index contributed by atoms with van der Waals surface area (Å²) < 4.78 is 0. The number of pyridine rings is 1. The second kappa shape index (κ2) is 6.63. The molecule has 0 aliphatic heterocycles. The average molecular weight is 323 g/mol. The smallest absolute Gasteiger partial charge is 0.255 e. The Labute approximate surface area is 140 Å². The molecule has 1 aromatic heterocycles. The molecule has 0 saturated heterocycles. The minimum absolute atomic E-state index is 0.161. The van der Waals surface area contributed by atoms with Crippen LogP contribution < -0.4 is 5.32 Å². The molecule has 3 aromatic rings. The number of anilines is 1. The molecule has 0 saturated carbocycles. The minimum atomic E-state index is -0.161. The van der Waals surface area contributed by atoms with E-state index in [1.165, 1.54) is 0 Å². The molecular formula is C19H15ClN2O. The topological polar surface area (TPSA) is 42.0 Å². The molecule has 0 aliphatic rings. The predicted octanol–water partition coefficient (Wildman–Crippen LogP) is 4.96. The summed E-state index contributed by atoms with van der Waals surface area (Å²) in [5.41, 5.74) is 4.42. The summed E-state index contributed by atoms with van der Waals surface area (Å²) in [4.78, 5) is 16.3. The lowest BCUT2D eigenvalue weighted by atomic mass is 10.0. The number of rotatable bonds is 3. The molecule has 23 heavy (non-hydrogen) atoms. The zero-order valence-corrected chi connectivity index (χ0v) is 13.3. The third kappa shape index (κ3) is 3.58. The van der Waals surface area contributed by atoms with Crippen molar-refractivity contribution in [1.82, 2.24) is 4.98 Å². The van der Waals surface area contributed by atoms with Crippen LogP contribution in [-0.2, 0) is 0 Å². The third-order valence-electron chi connectivity index (χ3n) is 3.52. The highest BCUT2D eigenvalue weighted by Crippen LogP contribution is 2.30. The number of hydrogen-bond donors (Lipinski definition) is 1. The molecule has 1 amide bonds. The van der Waals surface area contributed by atoms with E-state index in [2.05, 4.69) is 10.3 Å². The Morgan fingerprint density at radius 1 is 1.00 bits per heavy atom. The molecule has 0 radical (unpaired) electrons. The molecule has 4 heteroatoms. The van der Waals surface area contributed by atoms with Crippen LogP contribution >= 0.6 is 11.6 Å². The van der Waals surface area contributed by atoms with Gasteiger partial charge in [-0.1, -0.05) is 35.4 Å². The van der Waals surface area contributed by atoms with E-state index < -0.39 is 0 Å². The molecule has 0 atom stereocenters. The first-order valence-electron chi connectivity index (χ1n) is 7.21. The highest BCUT2D eigenvalue weighted by atomic mass is 35.5. The molecule has 0 aliphatic carbocycles. The van der Waals surface area contributed by atoms with Crippen molar-refractivity contribution in [2.24, 2.45) is 0 Å². The first-order valence-corrected chi connectivity index (χ1v) is 7.59. The third-order valence-corrected chi connectivity index (χ3v) is 3.77. The van der Waals surface area contributed by atoms with E-state index in [4.69, 9.17) is 11.6 Å². The van der Waals surface area contributed by atoms with E-state index in [9.17, 15) is 4.79 Å². The van der Waals surface area contributed by atoms with Crippen molar-refractivity contribution < 1.29 is 4.79 Å². The zero-order valence-electron chi connectivity index (χ0n) is 12.6. The molecule has 1 heterocycles. The summed E-state index contributed by atoms with van der Waals surface area (Å²) >= 11 is 5.96. The van der Waals surface area contributed by atoms with Crippen molar-refractivity contribution in [3.8, 4) is 11.1 Å². The average Bonchev–Trinajstić information content (AvgIpc) is 2.58. The zero-order chi connectivity index (χ0) is 16.2. The molecular weight excluding hydrogens is 308 g/mol. The van der Waals surface area contributed by atoms with Crippen LogP contribution in [0.4, 0.5) is 5.69 Å². The Balaban J connectivity index is 1.96. The van der Waals surface area contributed by atoms with Crippen molar-refractivity contribution in [2.45, 2.75) is 6.92 Å². The van der Waals surface area contributed by atoms with Crippen LogP contribution in [0.15, 0.2) is 67.0 Å². The highest BCUT2D eigenvalue weighted by Gasteiger charge is 2.10. The summed E-state index contributed by atoms with van der Waals surface area (Å²) in [6.45, 7) is 2.02. The van der Waals surface area contributed by atoms with Gasteiger partial charge in [0.2, 0.25) is 0 Å². The fraction of sp³-hybridized carbons (Fsp3) is 0.0526. The normalized spacial score (nSPS) is 10.3. The molecule has 0 unspecified atom stereocenters. The van der Waals surface area contributed by atoms with Crippen LogP contribution in [0.5, 0.6) is 0 Å². The molecule has 3 rings (SSSR count). The van der Waals surface area contributed by atoms with Crippen molar-refractivity contribution in [1.29, 1.82) is 0 Å². The second-order valence-corrected chi connectivity index (χ2v) is 5.68. The number of benzene rings is 2. The summed E-state index contributed by atoms with van der Waals surface area (Å²) in [6, 6.07) is 16.9. The number of aromatic nitrogens is 1. The van der Waals surface area contributed by atoms with Gasteiger partial charge in [-0.25, -0.2) is 0 Å². The fourth-order valence-electron chi connectivity index (χ4n) is 2.33. The van der Waals surface area contributed by atoms with Crippen LogP contribution in [0, 0.1) is 6.92 Å². The summed E-state index contributed by atoms with van der Waals surface area (Å²) in [7, 11) is 0. The number of aryl methyl sites for hydroxylation is 1. The Hall–Kier alpha value is -2.65. The van der Waals surface area contributed by atoms with Crippen molar-refractivity contribution in [3.63, 3.8) is 0 Å². The van der Waals surface area contributed by atoms with Gasteiger partial charge in [-0.2, -0.15) is 0 Å². The van der Waals surface area contributed by atoms with Crippen molar-refractivity contribution >= 4 is 23.2 Å². The summed E-state index contributed by atoms with van der Waals surface area (Å²) in [5.74, 6) is -0.161. The van der Waals surface area contributed by atoms with Gasteiger partial charge in [0.25, 0.3) is 5.91 Å². The first kappa shape index (κ1) is 15.3. The summed E-state index contributed by atoms with van der Waals surface area (Å²) in [6.07, 6.45) is 3.20. The van der Waals surface area contributed by atoms with Gasteiger partial charge in [0, 0.05) is 34.2 Å². The van der Waals surface area contributed by atoms with Crippen LogP contribution in [0.1, 0.15) is 15.9 Å². The Kier molecular flexibility index (Phi) is 4.40. The summed E-state index contributed by atoms with van der Waals surface area (Å²) in [5, 5.41) is 3.65. The van der Waals surface area contributed by atoms with Gasteiger partial charge in [0.05, 0.1) is 0 Å². The van der Waals surface area contributed by atoms with Gasteiger partial charge < -0.3 is 5.32 Å². The number of hydrogen-bond acceptors (Lipinski definition) is 2. The second-order valence-electron chi connectivity index (χ2n) is 5.25. The number of nitrogens with one attached hydrogen (secondary N) is 1. The van der Waals surface area contributed by atoms with Gasteiger partial charge in [0.1, 0.15) is 0 Å². The van der Waals surface area contributed by atoms with E-state index in [0.717, 1.165) is 22.4 Å². The molecule has 0 spiro atoms. The lowest BCUT2D eigenvalue weighted by Crippen LogP contribution is -2.12. The number of carbonyl (C=O) groups excluding carboxylic acids is 1. The Morgan fingerprint density at radius 3 is 2.39 bits per heavy atom. The van der Waals surface area contributed by atoms with Crippen molar-refractivity contribution in [3.05, 3.63) is 83.1 Å². The predicted molar refractivity (Wildman–Crippen MR) is 93.8 cm³/mol. The Morgan fingerprint density at radius 2 is 1.70 bits per heavy atom. The molecule has 1 N–H and O–H groups in total. The van der Waals surface area contributed by atoms with E-state index in [-0.39, 0.29) is 5.91 Å². The van der Waals surface area contributed by atoms with Gasteiger partial charge in [-0.3, -0.25) is 9.78 Å². The maximum atomic E-state index is 12.4. The number of halogens is 1. The van der Waals surface area contributed by atoms with E-state index in [1.807, 2.05) is 49.4 Å². The maximum Gasteiger partial charge on any atom is 0.255 e. The maximum absolute atomic E-state index is 12.4. The largest absolute Gasteiger partial charge is 0.321 e. The lowest BCUT2D eigenvalue weighted by Gasteiger charge is -2.12. The monoisotopic (exact) mass is 322 g/mol. The van der Waals surface area contributed by atoms with E-state index in [0.29, 0.717) is 10.6 Å². The first-order chi connectivity index (χ1) is 11.1. The van der Waals surface area contributed by atoms with E-state index >= 15 is 0 Å². The molecule has 0 fully saturated rings. The quantitative estimate of drug-likeness (QED) is 0.740. The van der Waals surface area contributed by atoms with Gasteiger partial charge in [0.15, 0.2) is 0 Å². The molecule has 3 nitrogen and oxygen atoms in total. The Bertz CT molecular complexity index is 830. The SMILES string of the molecule is Cc1ccc(NC(=O)c2ccncc2)c(-c2ccc(Cl)cc2)c1. The fourth-order valence-corrected chi connectivity index (χ4v) is 2.46. The molecule has 2 aromatic carbocycles. The van der Waals surface area contributed by atoms with Gasteiger partial charge >= 0.3 is 0 Å².